The molecule has 3 rings (SSSR count). The minimum atomic E-state index is -4.73. The molecule has 1 N–H and O–H groups in total. The van der Waals surface area contributed by atoms with Crippen molar-refractivity contribution in [1.82, 2.24) is 0 Å². The Morgan fingerprint density at radius 2 is 1.52 bits per heavy atom. The lowest BCUT2D eigenvalue weighted by Crippen LogP contribution is -2.12. The highest BCUT2D eigenvalue weighted by Gasteiger charge is 2.35. The third-order valence-corrected chi connectivity index (χ3v) is 4.19. The predicted molar refractivity (Wildman–Crippen MR) is 93.6 cm³/mol. The number of hydrogen-bond acceptors (Lipinski definition) is 2. The molecule has 0 atom stereocenters. The zero-order valence-electron chi connectivity index (χ0n) is 14.2. The molecule has 0 radical (unpaired) electrons. The van der Waals surface area contributed by atoms with Gasteiger partial charge in [-0.1, -0.05) is 29.8 Å². The van der Waals surface area contributed by atoms with Gasteiger partial charge in [0.2, 0.25) is 0 Å². The maximum atomic E-state index is 13.1. The van der Waals surface area contributed by atoms with Crippen LogP contribution in [-0.2, 0) is 12.4 Å². The second-order valence-corrected chi connectivity index (χ2v) is 6.26. The van der Waals surface area contributed by atoms with Gasteiger partial charge in [0.15, 0.2) is 5.76 Å². The summed E-state index contributed by atoms with van der Waals surface area (Å²) in [5, 5.41) is 1.65. The quantitative estimate of drug-likeness (QED) is 0.457. The summed E-state index contributed by atoms with van der Waals surface area (Å²) in [6, 6.07) is 9.68. The summed E-state index contributed by atoms with van der Waals surface area (Å²) in [6.07, 6.45) is -9.36. The first-order chi connectivity index (χ1) is 13.5. The van der Waals surface area contributed by atoms with Gasteiger partial charge >= 0.3 is 12.4 Å². The molecule has 10 heteroatoms. The van der Waals surface area contributed by atoms with Crippen molar-refractivity contribution in [2.75, 3.05) is 5.32 Å². The van der Waals surface area contributed by atoms with Crippen LogP contribution in [0.1, 0.15) is 21.7 Å². The first-order valence-corrected chi connectivity index (χ1v) is 8.29. The van der Waals surface area contributed by atoms with Crippen LogP contribution in [-0.4, -0.2) is 5.91 Å². The Morgan fingerprint density at radius 1 is 0.862 bits per heavy atom. The molecule has 0 saturated heterocycles. The lowest BCUT2D eigenvalue weighted by molar-refractivity contribution is -0.138. The number of benzene rings is 2. The first-order valence-electron chi connectivity index (χ1n) is 7.91. The number of carbonyl (C=O) groups is 1. The fourth-order valence-corrected chi connectivity index (χ4v) is 2.79. The number of furan rings is 1. The maximum Gasteiger partial charge on any atom is 0.417 e. The van der Waals surface area contributed by atoms with Gasteiger partial charge in [0.1, 0.15) is 5.76 Å². The van der Waals surface area contributed by atoms with E-state index in [-0.39, 0.29) is 22.8 Å². The van der Waals surface area contributed by atoms with Crippen LogP contribution in [0.25, 0.3) is 11.3 Å². The number of rotatable bonds is 3. The van der Waals surface area contributed by atoms with Gasteiger partial charge in [-0.2, -0.15) is 26.3 Å². The molecule has 0 aliphatic rings. The number of halogens is 7. The highest BCUT2D eigenvalue weighted by molar-refractivity contribution is 6.31. The summed E-state index contributed by atoms with van der Waals surface area (Å²) in [6.45, 7) is 0. The number of anilines is 1. The summed E-state index contributed by atoms with van der Waals surface area (Å²) in [5.74, 6) is -1.52. The lowest BCUT2D eigenvalue weighted by atomic mass is 10.1. The molecular formula is C19H10ClF6NO2. The predicted octanol–water partition coefficient (Wildman–Crippen LogP) is 6.89. The molecule has 3 aromatic rings. The Hall–Kier alpha value is -2.94. The van der Waals surface area contributed by atoms with Gasteiger partial charge in [-0.05, 0) is 36.4 Å². The van der Waals surface area contributed by atoms with Crippen molar-refractivity contribution >= 4 is 23.2 Å². The topological polar surface area (TPSA) is 42.2 Å². The van der Waals surface area contributed by atoms with Crippen molar-refractivity contribution in [1.29, 1.82) is 0 Å². The van der Waals surface area contributed by atoms with E-state index in [9.17, 15) is 31.1 Å². The van der Waals surface area contributed by atoms with E-state index in [0.29, 0.717) is 6.07 Å². The Balaban J connectivity index is 1.87. The Bertz CT molecular complexity index is 1060. The molecule has 0 spiro atoms. The maximum absolute atomic E-state index is 13.1. The molecule has 0 unspecified atom stereocenters. The van der Waals surface area contributed by atoms with Gasteiger partial charge in [-0.25, -0.2) is 0 Å². The van der Waals surface area contributed by atoms with E-state index in [1.54, 1.807) is 0 Å². The first kappa shape index (κ1) is 20.8. The van der Waals surface area contributed by atoms with E-state index in [1.165, 1.54) is 24.3 Å². The number of alkyl halides is 6. The zero-order chi connectivity index (χ0) is 21.4. The van der Waals surface area contributed by atoms with Crippen LogP contribution in [0.2, 0.25) is 5.02 Å². The largest absolute Gasteiger partial charge is 0.451 e. The van der Waals surface area contributed by atoms with Gasteiger partial charge in [-0.3, -0.25) is 4.79 Å². The van der Waals surface area contributed by atoms with Gasteiger partial charge in [-0.15, -0.1) is 0 Å². The Kier molecular flexibility index (Phi) is 5.36. The van der Waals surface area contributed by atoms with Crippen molar-refractivity contribution in [3.8, 4) is 11.3 Å². The zero-order valence-corrected chi connectivity index (χ0v) is 14.9. The van der Waals surface area contributed by atoms with Crippen LogP contribution in [0.4, 0.5) is 32.0 Å². The fraction of sp³-hybridized carbons (Fsp3) is 0.105. The second kappa shape index (κ2) is 7.47. The van der Waals surface area contributed by atoms with Crippen LogP contribution >= 0.6 is 11.6 Å². The van der Waals surface area contributed by atoms with Crippen molar-refractivity contribution in [2.45, 2.75) is 12.4 Å². The number of nitrogens with one attached hydrogen (secondary N) is 1. The average Bonchev–Trinajstić information content (AvgIpc) is 3.12. The number of carbonyl (C=O) groups excluding carboxylic acids is 1. The molecule has 0 saturated carbocycles. The van der Waals surface area contributed by atoms with E-state index in [2.05, 4.69) is 5.32 Å². The van der Waals surface area contributed by atoms with E-state index < -0.39 is 34.4 Å². The molecule has 0 fully saturated rings. The highest BCUT2D eigenvalue weighted by atomic mass is 35.5. The molecule has 1 aromatic heterocycles. The molecule has 0 aliphatic carbocycles. The van der Waals surface area contributed by atoms with Crippen LogP contribution in [0.5, 0.6) is 0 Å². The molecule has 2 aromatic carbocycles. The third-order valence-electron chi connectivity index (χ3n) is 3.86. The molecule has 3 nitrogen and oxygen atoms in total. The van der Waals surface area contributed by atoms with E-state index in [4.69, 9.17) is 16.0 Å². The van der Waals surface area contributed by atoms with Crippen molar-refractivity contribution in [3.63, 3.8) is 0 Å². The summed E-state index contributed by atoms with van der Waals surface area (Å²) >= 11 is 5.51. The molecule has 1 heterocycles. The molecule has 152 valence electrons. The minimum Gasteiger partial charge on any atom is -0.451 e. The summed E-state index contributed by atoms with van der Waals surface area (Å²) < 4.78 is 83.3. The smallest absolute Gasteiger partial charge is 0.417 e. The SMILES string of the molecule is O=C(Nc1ccc(Cl)c(C(F)(F)F)c1)c1ccc(-c2ccccc2C(F)(F)F)o1. The lowest BCUT2D eigenvalue weighted by Gasteiger charge is -2.11. The highest BCUT2D eigenvalue weighted by Crippen LogP contribution is 2.38. The van der Waals surface area contributed by atoms with Crippen molar-refractivity contribution in [2.24, 2.45) is 0 Å². The van der Waals surface area contributed by atoms with Crippen LogP contribution < -0.4 is 5.32 Å². The van der Waals surface area contributed by atoms with Crippen LogP contribution in [0, 0.1) is 0 Å². The number of hydrogen-bond donors (Lipinski definition) is 1. The van der Waals surface area contributed by atoms with Gasteiger partial charge in [0.25, 0.3) is 5.91 Å². The average molecular weight is 434 g/mol. The van der Waals surface area contributed by atoms with Crippen molar-refractivity contribution < 1.29 is 35.6 Å². The standard InChI is InChI=1S/C19H10ClF6NO2/c20-14-6-5-10(9-13(14)19(24,25)26)27-17(28)16-8-7-15(29-16)11-3-1-2-4-12(11)18(21,22)23/h1-9H,(H,27,28). The summed E-state index contributed by atoms with van der Waals surface area (Å²) in [4.78, 5) is 12.2. The van der Waals surface area contributed by atoms with E-state index >= 15 is 0 Å². The summed E-state index contributed by atoms with van der Waals surface area (Å²) in [7, 11) is 0. The fourth-order valence-electron chi connectivity index (χ4n) is 2.56. The normalized spacial score (nSPS) is 12.1. The van der Waals surface area contributed by atoms with Crippen LogP contribution in [0.15, 0.2) is 59.0 Å². The monoisotopic (exact) mass is 433 g/mol. The van der Waals surface area contributed by atoms with E-state index in [0.717, 1.165) is 24.3 Å². The third kappa shape index (κ3) is 4.56. The molecule has 29 heavy (non-hydrogen) atoms. The minimum absolute atomic E-state index is 0.208. The van der Waals surface area contributed by atoms with Gasteiger partial charge in [0.05, 0.1) is 16.1 Å². The van der Waals surface area contributed by atoms with Gasteiger partial charge in [0, 0.05) is 11.3 Å². The molecule has 0 aliphatic heterocycles. The second-order valence-electron chi connectivity index (χ2n) is 5.85. The van der Waals surface area contributed by atoms with Crippen LogP contribution in [0.3, 0.4) is 0 Å². The molecule has 0 bridgehead atoms. The summed E-state index contributed by atoms with van der Waals surface area (Å²) in [5.41, 5.74) is -2.57. The van der Waals surface area contributed by atoms with Gasteiger partial charge < -0.3 is 9.73 Å². The number of amides is 1. The Morgan fingerprint density at radius 3 is 2.17 bits per heavy atom. The molecule has 1 amide bonds. The molecular weight excluding hydrogens is 424 g/mol. The Labute approximate surface area is 164 Å². The van der Waals surface area contributed by atoms with E-state index in [1.807, 2.05) is 0 Å². The van der Waals surface area contributed by atoms with Crippen molar-refractivity contribution in [3.05, 3.63) is 76.5 Å².